The minimum Gasteiger partial charge on any atom is -0.406 e. The lowest BCUT2D eigenvalue weighted by atomic mass is 10.2. The van der Waals surface area contributed by atoms with E-state index in [1.165, 1.54) is 24.3 Å². The highest BCUT2D eigenvalue weighted by molar-refractivity contribution is 5.80. The van der Waals surface area contributed by atoms with Crippen LogP contribution in [0.25, 0.3) is 0 Å². The van der Waals surface area contributed by atoms with Gasteiger partial charge in [-0.3, -0.25) is 4.79 Å². The monoisotopic (exact) mass is 367 g/mol. The Labute approximate surface area is 150 Å². The fraction of sp³-hybridized carbons (Fsp3) is 0.333. The predicted octanol–water partition coefficient (Wildman–Crippen LogP) is 4.47. The maximum atomic E-state index is 12.2. The van der Waals surface area contributed by atoms with E-state index in [0.29, 0.717) is 17.1 Å². The van der Waals surface area contributed by atoms with Crippen molar-refractivity contribution in [1.29, 1.82) is 5.26 Å². The second-order valence-corrected chi connectivity index (χ2v) is 5.64. The zero-order valence-electron chi connectivity index (χ0n) is 14.6. The van der Waals surface area contributed by atoms with E-state index in [1.54, 1.807) is 32.9 Å². The molecule has 140 valence electrons. The molecule has 0 unspecified atom stereocenters. The van der Waals surface area contributed by atoms with Crippen LogP contribution in [0.3, 0.4) is 0 Å². The first-order chi connectivity index (χ1) is 12.1. The van der Waals surface area contributed by atoms with Crippen molar-refractivity contribution in [3.8, 4) is 11.8 Å². The summed E-state index contributed by atoms with van der Waals surface area (Å²) in [6, 6.07) is 7.14. The molecule has 0 aliphatic carbocycles. The van der Waals surface area contributed by atoms with E-state index in [2.05, 4.69) is 15.4 Å². The smallest absolute Gasteiger partial charge is 0.406 e. The van der Waals surface area contributed by atoms with Crippen molar-refractivity contribution in [3.63, 3.8) is 0 Å². The first-order valence-electron chi connectivity index (χ1n) is 7.80. The summed E-state index contributed by atoms with van der Waals surface area (Å²) in [5.41, 5.74) is 1.53. The minimum atomic E-state index is -4.75. The Hall–Kier alpha value is -2.95. The van der Waals surface area contributed by atoms with Gasteiger partial charge in [0.1, 0.15) is 5.75 Å². The summed E-state index contributed by atoms with van der Waals surface area (Å²) in [6.45, 7) is 5.18. The van der Waals surface area contributed by atoms with Gasteiger partial charge in [0.25, 0.3) is 0 Å². The lowest BCUT2D eigenvalue weighted by Gasteiger charge is -2.15. The number of alkyl halides is 3. The molecule has 0 atom stereocenters. The molecule has 0 fully saturated rings. The average molecular weight is 367 g/mol. The van der Waals surface area contributed by atoms with Crippen LogP contribution >= 0.6 is 0 Å². The average Bonchev–Trinajstić information content (AvgIpc) is 2.54. The Kier molecular flexibility index (Phi) is 7.72. The van der Waals surface area contributed by atoms with E-state index in [-0.39, 0.29) is 24.0 Å². The molecule has 0 spiro atoms. The molecule has 0 saturated carbocycles. The highest BCUT2D eigenvalue weighted by atomic mass is 19.4. The van der Waals surface area contributed by atoms with Crippen LogP contribution in [-0.2, 0) is 4.79 Å². The number of nitrogens with zero attached hydrogens (tertiary/aromatic N) is 1. The zero-order valence-corrected chi connectivity index (χ0v) is 14.6. The Morgan fingerprint density at radius 3 is 2.42 bits per heavy atom. The van der Waals surface area contributed by atoms with Gasteiger partial charge >= 0.3 is 6.36 Å². The van der Waals surface area contributed by atoms with Crippen molar-refractivity contribution >= 4 is 11.6 Å². The van der Waals surface area contributed by atoms with Crippen LogP contribution in [0, 0.1) is 17.2 Å². The molecule has 0 heterocycles. The van der Waals surface area contributed by atoms with E-state index >= 15 is 0 Å². The number of amides is 1. The number of hydrogen-bond donors (Lipinski definition) is 2. The Morgan fingerprint density at radius 2 is 1.92 bits per heavy atom. The largest absolute Gasteiger partial charge is 0.573 e. The summed E-state index contributed by atoms with van der Waals surface area (Å²) < 4.78 is 40.4. The normalized spacial score (nSPS) is 12.5. The summed E-state index contributed by atoms with van der Waals surface area (Å²) >= 11 is 0. The molecular formula is C18H20F3N3O2. The summed E-state index contributed by atoms with van der Waals surface area (Å²) in [5, 5.41) is 14.4. The first-order valence-corrected chi connectivity index (χ1v) is 7.80. The molecule has 5 nitrogen and oxygen atoms in total. The van der Waals surface area contributed by atoms with Crippen LogP contribution in [0.4, 0.5) is 18.9 Å². The van der Waals surface area contributed by atoms with Crippen molar-refractivity contribution < 1.29 is 22.7 Å². The molecular weight excluding hydrogens is 347 g/mol. The van der Waals surface area contributed by atoms with Crippen LogP contribution in [0.2, 0.25) is 0 Å². The Balaban J connectivity index is 2.98. The van der Waals surface area contributed by atoms with Gasteiger partial charge in [0.15, 0.2) is 0 Å². The van der Waals surface area contributed by atoms with E-state index in [0.717, 1.165) is 0 Å². The van der Waals surface area contributed by atoms with E-state index in [1.807, 2.05) is 6.07 Å². The third-order valence-corrected chi connectivity index (χ3v) is 3.10. The molecule has 0 radical (unpaired) electrons. The molecule has 2 N–H and O–H groups in total. The van der Waals surface area contributed by atoms with Gasteiger partial charge in [-0.15, -0.1) is 13.2 Å². The highest BCUT2D eigenvalue weighted by Gasteiger charge is 2.30. The van der Waals surface area contributed by atoms with Crippen LogP contribution in [-0.4, -0.2) is 12.3 Å². The SMILES string of the molecule is C/C(NC(=O)C(C)C)=C(\C=C/CC#N)Nc1ccc(OC(F)(F)F)cc1. The molecule has 1 rings (SSSR count). The molecule has 0 saturated heterocycles. The number of benzene rings is 1. The van der Waals surface area contributed by atoms with Gasteiger partial charge in [-0.05, 0) is 37.3 Å². The number of carbonyl (C=O) groups excluding carboxylic acids is 1. The molecule has 1 aromatic rings. The molecule has 1 aromatic carbocycles. The number of carbonyl (C=O) groups is 1. The van der Waals surface area contributed by atoms with Gasteiger partial charge in [-0.2, -0.15) is 5.26 Å². The van der Waals surface area contributed by atoms with E-state index in [9.17, 15) is 18.0 Å². The predicted molar refractivity (Wildman–Crippen MR) is 91.8 cm³/mol. The second kappa shape index (κ2) is 9.51. The topological polar surface area (TPSA) is 74.2 Å². The molecule has 26 heavy (non-hydrogen) atoms. The fourth-order valence-electron chi connectivity index (χ4n) is 1.78. The van der Waals surface area contributed by atoms with Crippen LogP contribution < -0.4 is 15.4 Å². The summed E-state index contributed by atoms with van der Waals surface area (Å²) in [6.07, 6.45) is -1.35. The Morgan fingerprint density at radius 1 is 1.31 bits per heavy atom. The number of rotatable bonds is 7. The zero-order chi connectivity index (χ0) is 19.7. The summed E-state index contributed by atoms with van der Waals surface area (Å²) in [7, 11) is 0. The summed E-state index contributed by atoms with van der Waals surface area (Å²) in [4.78, 5) is 11.8. The minimum absolute atomic E-state index is 0.176. The quantitative estimate of drug-likeness (QED) is 0.697. The van der Waals surface area contributed by atoms with Gasteiger partial charge in [0.2, 0.25) is 5.91 Å². The van der Waals surface area contributed by atoms with Crippen molar-refractivity contribution in [2.45, 2.75) is 33.6 Å². The molecule has 0 aliphatic rings. The van der Waals surface area contributed by atoms with Gasteiger partial charge in [-0.25, -0.2) is 0 Å². The molecule has 0 aromatic heterocycles. The lowest BCUT2D eigenvalue weighted by Crippen LogP contribution is -2.27. The fourth-order valence-corrected chi connectivity index (χ4v) is 1.78. The number of ether oxygens (including phenoxy) is 1. The highest BCUT2D eigenvalue weighted by Crippen LogP contribution is 2.24. The van der Waals surface area contributed by atoms with Crippen LogP contribution in [0.15, 0.2) is 47.8 Å². The van der Waals surface area contributed by atoms with Gasteiger partial charge < -0.3 is 15.4 Å². The van der Waals surface area contributed by atoms with Crippen molar-refractivity contribution in [1.82, 2.24) is 5.32 Å². The lowest BCUT2D eigenvalue weighted by molar-refractivity contribution is -0.274. The van der Waals surface area contributed by atoms with Gasteiger partial charge in [0, 0.05) is 17.3 Å². The molecule has 0 aliphatic heterocycles. The molecule has 8 heteroatoms. The van der Waals surface area contributed by atoms with Crippen molar-refractivity contribution in [2.75, 3.05) is 5.32 Å². The number of nitriles is 1. The standard InChI is InChI=1S/C18H20F3N3O2/c1-12(2)17(25)23-13(3)16(6-4-5-11-22)24-14-7-9-15(10-8-14)26-18(19,20)21/h4,6-10,12,24H,5H2,1-3H3,(H,23,25)/b6-4-,16-13-. The summed E-state index contributed by atoms with van der Waals surface area (Å²) in [5.74, 6) is -0.726. The number of nitrogens with one attached hydrogen (secondary N) is 2. The third-order valence-electron chi connectivity index (χ3n) is 3.10. The molecule has 0 bridgehead atoms. The number of allylic oxidation sites excluding steroid dienone is 3. The maximum absolute atomic E-state index is 12.2. The van der Waals surface area contributed by atoms with Crippen LogP contribution in [0.1, 0.15) is 27.2 Å². The second-order valence-electron chi connectivity index (χ2n) is 5.64. The van der Waals surface area contributed by atoms with E-state index < -0.39 is 6.36 Å². The van der Waals surface area contributed by atoms with E-state index in [4.69, 9.17) is 5.26 Å². The maximum Gasteiger partial charge on any atom is 0.573 e. The Bertz CT molecular complexity index is 715. The molecule has 1 amide bonds. The van der Waals surface area contributed by atoms with Crippen molar-refractivity contribution in [3.05, 3.63) is 47.8 Å². The van der Waals surface area contributed by atoms with Crippen LogP contribution in [0.5, 0.6) is 5.75 Å². The van der Waals surface area contributed by atoms with Crippen molar-refractivity contribution in [2.24, 2.45) is 5.92 Å². The van der Waals surface area contributed by atoms with Gasteiger partial charge in [-0.1, -0.05) is 19.9 Å². The number of anilines is 1. The third kappa shape index (κ3) is 7.75. The number of hydrogen-bond acceptors (Lipinski definition) is 4. The number of halogens is 3. The first kappa shape index (κ1) is 21.1. The van der Waals surface area contributed by atoms with Gasteiger partial charge in [0.05, 0.1) is 18.2 Å².